The first-order valence-electron chi connectivity index (χ1n) is 6.14. The monoisotopic (exact) mass is 258 g/mol. The van der Waals surface area contributed by atoms with Gasteiger partial charge in [-0.1, -0.05) is 37.8 Å². The quantitative estimate of drug-likeness (QED) is 0.837. The largest absolute Gasteiger partial charge is 0.387 e. The van der Waals surface area contributed by atoms with Gasteiger partial charge < -0.3 is 5.11 Å². The van der Waals surface area contributed by atoms with Gasteiger partial charge in [-0.25, -0.2) is 0 Å². The SMILES string of the molecule is CCC1CCC(C(O)c2ccc(Cl)s2)CC1. The van der Waals surface area contributed by atoms with Crippen molar-refractivity contribution in [3.8, 4) is 0 Å². The molecular weight excluding hydrogens is 240 g/mol. The Labute approximate surface area is 106 Å². The maximum Gasteiger partial charge on any atom is 0.0932 e. The van der Waals surface area contributed by atoms with Gasteiger partial charge in [-0.05, 0) is 36.8 Å². The van der Waals surface area contributed by atoms with E-state index in [1.54, 1.807) is 0 Å². The van der Waals surface area contributed by atoms with Crippen LogP contribution in [-0.2, 0) is 0 Å². The summed E-state index contributed by atoms with van der Waals surface area (Å²) < 4.78 is 0.774. The Morgan fingerprint density at radius 3 is 2.56 bits per heavy atom. The molecule has 0 radical (unpaired) electrons. The highest BCUT2D eigenvalue weighted by molar-refractivity contribution is 7.16. The van der Waals surface area contributed by atoms with Crippen LogP contribution >= 0.6 is 22.9 Å². The summed E-state index contributed by atoms with van der Waals surface area (Å²) in [5.41, 5.74) is 0. The number of hydrogen-bond donors (Lipinski definition) is 1. The number of halogens is 1. The summed E-state index contributed by atoms with van der Waals surface area (Å²) in [7, 11) is 0. The van der Waals surface area contributed by atoms with Crippen molar-refractivity contribution in [2.24, 2.45) is 11.8 Å². The van der Waals surface area contributed by atoms with E-state index in [-0.39, 0.29) is 6.10 Å². The molecule has 0 bridgehead atoms. The van der Waals surface area contributed by atoms with Crippen LogP contribution in [0.15, 0.2) is 12.1 Å². The first-order valence-corrected chi connectivity index (χ1v) is 7.33. The number of rotatable bonds is 3. The Kier molecular flexibility index (Phi) is 4.28. The van der Waals surface area contributed by atoms with E-state index in [0.29, 0.717) is 5.92 Å². The van der Waals surface area contributed by atoms with E-state index < -0.39 is 0 Å². The van der Waals surface area contributed by atoms with Crippen LogP contribution < -0.4 is 0 Å². The third-order valence-corrected chi connectivity index (χ3v) is 5.10. The first kappa shape index (κ1) is 12.4. The van der Waals surface area contributed by atoms with Crippen molar-refractivity contribution in [2.45, 2.75) is 45.1 Å². The summed E-state index contributed by atoms with van der Waals surface area (Å²) in [6, 6.07) is 3.84. The molecule has 0 saturated heterocycles. The van der Waals surface area contributed by atoms with Crippen LogP contribution in [-0.4, -0.2) is 5.11 Å². The van der Waals surface area contributed by atoms with Crippen LogP contribution in [0.4, 0.5) is 0 Å². The Hall–Kier alpha value is -0.0500. The number of aliphatic hydroxyl groups is 1. The third-order valence-electron chi connectivity index (χ3n) is 3.80. The van der Waals surface area contributed by atoms with Crippen molar-refractivity contribution in [3.63, 3.8) is 0 Å². The lowest BCUT2D eigenvalue weighted by molar-refractivity contribution is 0.0757. The van der Waals surface area contributed by atoms with Crippen molar-refractivity contribution in [1.82, 2.24) is 0 Å². The normalized spacial score (nSPS) is 27.9. The Morgan fingerprint density at radius 2 is 2.06 bits per heavy atom. The van der Waals surface area contributed by atoms with E-state index in [0.717, 1.165) is 28.0 Å². The second kappa shape index (κ2) is 5.52. The zero-order chi connectivity index (χ0) is 11.5. The van der Waals surface area contributed by atoms with Gasteiger partial charge in [0.2, 0.25) is 0 Å². The van der Waals surface area contributed by atoms with E-state index in [2.05, 4.69) is 6.92 Å². The minimum atomic E-state index is -0.296. The van der Waals surface area contributed by atoms with Crippen LogP contribution in [0, 0.1) is 11.8 Å². The van der Waals surface area contributed by atoms with E-state index in [1.165, 1.54) is 30.6 Å². The molecule has 1 fully saturated rings. The standard InChI is InChI=1S/C13H19ClOS/c1-2-9-3-5-10(6-4-9)13(15)11-7-8-12(14)16-11/h7-10,13,15H,2-6H2,1H3. The number of hydrogen-bond acceptors (Lipinski definition) is 2. The molecule has 3 heteroatoms. The fourth-order valence-corrected chi connectivity index (χ4v) is 3.77. The summed E-state index contributed by atoms with van der Waals surface area (Å²) in [6.07, 6.45) is 5.86. The smallest absolute Gasteiger partial charge is 0.0932 e. The Balaban J connectivity index is 1.93. The highest BCUT2D eigenvalue weighted by Crippen LogP contribution is 2.40. The van der Waals surface area contributed by atoms with Gasteiger partial charge in [-0.15, -0.1) is 11.3 Å². The van der Waals surface area contributed by atoms with Gasteiger partial charge in [0.05, 0.1) is 10.4 Å². The maximum atomic E-state index is 10.3. The lowest BCUT2D eigenvalue weighted by Crippen LogP contribution is -2.19. The van der Waals surface area contributed by atoms with Crippen LogP contribution in [0.2, 0.25) is 4.34 Å². The molecule has 0 spiro atoms. The molecule has 1 atom stereocenters. The number of aliphatic hydroxyl groups excluding tert-OH is 1. The third kappa shape index (κ3) is 2.79. The maximum absolute atomic E-state index is 10.3. The lowest BCUT2D eigenvalue weighted by Gasteiger charge is -2.30. The average Bonchev–Trinajstić information content (AvgIpc) is 2.75. The molecule has 16 heavy (non-hydrogen) atoms. The minimum absolute atomic E-state index is 0.296. The molecule has 90 valence electrons. The van der Waals surface area contributed by atoms with Gasteiger partial charge in [0.15, 0.2) is 0 Å². The zero-order valence-electron chi connectivity index (χ0n) is 9.66. The van der Waals surface area contributed by atoms with Gasteiger partial charge in [0, 0.05) is 4.88 Å². The van der Waals surface area contributed by atoms with Crippen LogP contribution in [0.1, 0.15) is 50.0 Å². The highest BCUT2D eigenvalue weighted by Gasteiger charge is 2.27. The molecule has 1 aliphatic carbocycles. The molecule has 1 unspecified atom stereocenters. The summed E-state index contributed by atoms with van der Waals surface area (Å²) >= 11 is 7.41. The average molecular weight is 259 g/mol. The van der Waals surface area contributed by atoms with E-state index in [9.17, 15) is 5.11 Å². The predicted molar refractivity (Wildman–Crippen MR) is 70.0 cm³/mol. The summed E-state index contributed by atoms with van der Waals surface area (Å²) in [5, 5.41) is 10.3. The summed E-state index contributed by atoms with van der Waals surface area (Å²) in [6.45, 7) is 2.26. The molecule has 1 heterocycles. The topological polar surface area (TPSA) is 20.2 Å². The van der Waals surface area contributed by atoms with Gasteiger partial charge in [0.1, 0.15) is 0 Å². The molecule has 1 saturated carbocycles. The second-order valence-corrected chi connectivity index (χ2v) is 6.52. The van der Waals surface area contributed by atoms with E-state index in [1.807, 2.05) is 12.1 Å². The summed E-state index contributed by atoms with van der Waals surface area (Å²) in [4.78, 5) is 1.03. The van der Waals surface area contributed by atoms with Gasteiger partial charge in [0.25, 0.3) is 0 Å². The zero-order valence-corrected chi connectivity index (χ0v) is 11.2. The Morgan fingerprint density at radius 1 is 1.38 bits per heavy atom. The molecular formula is C13H19ClOS. The molecule has 1 aromatic heterocycles. The van der Waals surface area contributed by atoms with Crippen LogP contribution in [0.3, 0.4) is 0 Å². The Bertz CT molecular complexity index is 328. The molecule has 0 amide bonds. The molecule has 2 rings (SSSR count). The van der Waals surface area contributed by atoms with E-state index >= 15 is 0 Å². The molecule has 0 aliphatic heterocycles. The lowest BCUT2D eigenvalue weighted by atomic mass is 9.78. The minimum Gasteiger partial charge on any atom is -0.387 e. The van der Waals surface area contributed by atoms with Crippen molar-refractivity contribution in [2.75, 3.05) is 0 Å². The molecule has 1 aromatic rings. The van der Waals surface area contributed by atoms with Gasteiger partial charge >= 0.3 is 0 Å². The molecule has 1 N–H and O–H groups in total. The predicted octanol–water partition coefficient (Wildman–Crippen LogP) is 4.65. The molecule has 1 nitrogen and oxygen atoms in total. The first-order chi connectivity index (χ1) is 7.70. The van der Waals surface area contributed by atoms with Crippen molar-refractivity contribution in [1.29, 1.82) is 0 Å². The fourth-order valence-electron chi connectivity index (χ4n) is 2.63. The summed E-state index contributed by atoms with van der Waals surface area (Å²) in [5.74, 6) is 1.33. The van der Waals surface area contributed by atoms with Crippen molar-refractivity contribution >= 4 is 22.9 Å². The van der Waals surface area contributed by atoms with Crippen molar-refractivity contribution < 1.29 is 5.11 Å². The molecule has 1 aliphatic rings. The van der Waals surface area contributed by atoms with Crippen LogP contribution in [0.5, 0.6) is 0 Å². The van der Waals surface area contributed by atoms with E-state index in [4.69, 9.17) is 11.6 Å². The highest BCUT2D eigenvalue weighted by atomic mass is 35.5. The van der Waals surface area contributed by atoms with Gasteiger partial charge in [-0.2, -0.15) is 0 Å². The molecule has 0 aromatic carbocycles. The van der Waals surface area contributed by atoms with Crippen LogP contribution in [0.25, 0.3) is 0 Å². The number of thiophene rings is 1. The fraction of sp³-hybridized carbons (Fsp3) is 0.692. The van der Waals surface area contributed by atoms with Crippen molar-refractivity contribution in [3.05, 3.63) is 21.3 Å². The van der Waals surface area contributed by atoms with Gasteiger partial charge in [-0.3, -0.25) is 0 Å². The second-order valence-electron chi connectivity index (χ2n) is 4.78.